The van der Waals surface area contributed by atoms with Crippen molar-refractivity contribution in [2.24, 2.45) is 0 Å². The standard InChI is InChI=1S/C14H12FN3O2/c15-12-4-1-9(6-16)5-10(12)7-18-13(19)8-17(14(18)20)11-2-3-11/h1,4-5,11H,2-3,7-8H2. The average molecular weight is 273 g/mol. The molecule has 6 heteroatoms. The molecule has 1 saturated heterocycles. The van der Waals surface area contributed by atoms with Crippen molar-refractivity contribution in [2.75, 3.05) is 6.54 Å². The summed E-state index contributed by atoms with van der Waals surface area (Å²) in [4.78, 5) is 26.6. The lowest BCUT2D eigenvalue weighted by atomic mass is 10.1. The first-order valence-corrected chi connectivity index (χ1v) is 6.39. The van der Waals surface area contributed by atoms with E-state index in [1.54, 1.807) is 0 Å². The van der Waals surface area contributed by atoms with Crippen LogP contribution in [0.4, 0.5) is 9.18 Å². The fraction of sp³-hybridized carbons (Fsp3) is 0.357. The minimum Gasteiger partial charge on any atom is -0.312 e. The number of carbonyl (C=O) groups excluding carboxylic acids is 2. The van der Waals surface area contributed by atoms with Crippen LogP contribution in [0.25, 0.3) is 0 Å². The van der Waals surface area contributed by atoms with Crippen LogP contribution in [0.2, 0.25) is 0 Å². The Morgan fingerprint density at radius 2 is 2.10 bits per heavy atom. The van der Waals surface area contributed by atoms with Crippen LogP contribution in [0, 0.1) is 17.1 Å². The van der Waals surface area contributed by atoms with E-state index in [4.69, 9.17) is 5.26 Å². The number of nitriles is 1. The highest BCUT2D eigenvalue weighted by Crippen LogP contribution is 2.31. The maximum atomic E-state index is 13.7. The second-order valence-corrected chi connectivity index (χ2v) is 5.04. The van der Waals surface area contributed by atoms with Crippen LogP contribution in [-0.4, -0.2) is 34.3 Å². The highest BCUT2D eigenvalue weighted by molar-refractivity contribution is 6.02. The molecule has 1 aliphatic carbocycles. The molecule has 3 amide bonds. The molecule has 0 atom stereocenters. The number of imide groups is 1. The number of urea groups is 1. The first-order valence-electron chi connectivity index (χ1n) is 6.39. The molecule has 2 fully saturated rings. The fourth-order valence-electron chi connectivity index (χ4n) is 2.32. The molecule has 0 aromatic heterocycles. The maximum absolute atomic E-state index is 13.7. The van der Waals surface area contributed by atoms with E-state index in [2.05, 4.69) is 0 Å². The lowest BCUT2D eigenvalue weighted by Crippen LogP contribution is -2.33. The Morgan fingerprint density at radius 3 is 2.75 bits per heavy atom. The minimum absolute atomic E-state index is 0.0725. The average Bonchev–Trinajstić information content (AvgIpc) is 3.23. The second-order valence-electron chi connectivity index (χ2n) is 5.04. The summed E-state index contributed by atoms with van der Waals surface area (Å²) in [5, 5.41) is 8.81. The zero-order valence-electron chi connectivity index (χ0n) is 10.7. The molecule has 3 rings (SSSR count). The molecule has 0 N–H and O–H groups in total. The second kappa shape index (κ2) is 4.60. The zero-order chi connectivity index (χ0) is 14.3. The third-order valence-corrected chi connectivity index (χ3v) is 3.57. The van der Waals surface area contributed by atoms with Crippen LogP contribution in [0.3, 0.4) is 0 Å². The molecule has 0 radical (unpaired) electrons. The number of halogens is 1. The Morgan fingerprint density at radius 1 is 1.35 bits per heavy atom. The molecule has 0 bridgehead atoms. The van der Waals surface area contributed by atoms with Gasteiger partial charge >= 0.3 is 6.03 Å². The van der Waals surface area contributed by atoms with Gasteiger partial charge in [0, 0.05) is 11.6 Å². The highest BCUT2D eigenvalue weighted by atomic mass is 19.1. The van der Waals surface area contributed by atoms with E-state index in [1.165, 1.54) is 23.1 Å². The largest absolute Gasteiger partial charge is 0.327 e. The van der Waals surface area contributed by atoms with Crippen molar-refractivity contribution in [1.82, 2.24) is 9.80 Å². The SMILES string of the molecule is N#Cc1ccc(F)c(CN2C(=O)CN(C3CC3)C2=O)c1. The monoisotopic (exact) mass is 273 g/mol. The van der Waals surface area contributed by atoms with Crippen LogP contribution in [0.1, 0.15) is 24.0 Å². The first-order chi connectivity index (χ1) is 9.60. The predicted molar refractivity (Wildman–Crippen MR) is 66.8 cm³/mol. The summed E-state index contributed by atoms with van der Waals surface area (Å²) in [6.45, 7) is -0.0503. The number of rotatable bonds is 3. The summed E-state index contributed by atoms with van der Waals surface area (Å²) < 4.78 is 13.7. The van der Waals surface area contributed by atoms with Crippen molar-refractivity contribution in [1.29, 1.82) is 5.26 Å². The lowest BCUT2D eigenvalue weighted by molar-refractivity contribution is -0.125. The van der Waals surface area contributed by atoms with Gasteiger partial charge in [-0.3, -0.25) is 9.69 Å². The van der Waals surface area contributed by atoms with Gasteiger partial charge in [0.15, 0.2) is 0 Å². The molecule has 1 saturated carbocycles. The van der Waals surface area contributed by atoms with Crippen molar-refractivity contribution in [3.8, 4) is 6.07 Å². The number of hydrogen-bond donors (Lipinski definition) is 0. The highest BCUT2D eigenvalue weighted by Gasteiger charge is 2.43. The van der Waals surface area contributed by atoms with Gasteiger partial charge in [-0.2, -0.15) is 5.26 Å². The van der Waals surface area contributed by atoms with Crippen molar-refractivity contribution in [2.45, 2.75) is 25.4 Å². The third-order valence-electron chi connectivity index (χ3n) is 3.57. The molecule has 1 aromatic rings. The van der Waals surface area contributed by atoms with Gasteiger partial charge in [0.25, 0.3) is 5.91 Å². The molecule has 1 heterocycles. The Hall–Kier alpha value is -2.42. The van der Waals surface area contributed by atoms with Crippen LogP contribution < -0.4 is 0 Å². The predicted octanol–water partition coefficient (Wildman–Crippen LogP) is 1.62. The number of carbonyl (C=O) groups is 2. The summed E-state index contributed by atoms with van der Waals surface area (Å²) in [6, 6.07) is 5.62. The Kier molecular flexibility index (Phi) is 2.90. The third kappa shape index (κ3) is 2.11. The molecule has 1 aromatic carbocycles. The number of amides is 3. The zero-order valence-corrected chi connectivity index (χ0v) is 10.7. The topological polar surface area (TPSA) is 64.4 Å². The number of benzene rings is 1. The van der Waals surface area contributed by atoms with Crippen LogP contribution >= 0.6 is 0 Å². The molecular formula is C14H12FN3O2. The van der Waals surface area contributed by atoms with Gasteiger partial charge < -0.3 is 4.90 Å². The molecule has 2 aliphatic rings. The van der Waals surface area contributed by atoms with Crippen molar-refractivity contribution < 1.29 is 14.0 Å². The first kappa shape index (κ1) is 12.6. The van der Waals surface area contributed by atoms with Gasteiger partial charge in [-0.15, -0.1) is 0 Å². The molecular weight excluding hydrogens is 261 g/mol. The number of nitrogens with zero attached hydrogens (tertiary/aromatic N) is 3. The van der Waals surface area contributed by atoms with Crippen LogP contribution in [0.5, 0.6) is 0 Å². The Bertz CT molecular complexity index is 634. The Labute approximate surface area is 115 Å². The molecule has 0 unspecified atom stereocenters. The summed E-state index contributed by atoms with van der Waals surface area (Å²) >= 11 is 0. The molecule has 102 valence electrons. The van der Waals surface area contributed by atoms with Gasteiger partial charge in [0.05, 0.1) is 18.2 Å². The van der Waals surface area contributed by atoms with Crippen molar-refractivity contribution >= 4 is 11.9 Å². The maximum Gasteiger partial charge on any atom is 0.327 e. The summed E-state index contributed by atoms with van der Waals surface area (Å²) in [5.74, 6) is -0.835. The van der Waals surface area contributed by atoms with E-state index >= 15 is 0 Å². The van der Waals surface area contributed by atoms with Gasteiger partial charge in [0.1, 0.15) is 12.4 Å². The van der Waals surface area contributed by atoms with E-state index in [-0.39, 0.29) is 36.6 Å². The quantitative estimate of drug-likeness (QED) is 0.786. The molecule has 5 nitrogen and oxygen atoms in total. The van der Waals surface area contributed by atoms with Crippen molar-refractivity contribution in [3.05, 3.63) is 35.1 Å². The summed E-state index contributed by atoms with van der Waals surface area (Å²) in [5.41, 5.74) is 0.489. The fourth-order valence-corrected chi connectivity index (χ4v) is 2.32. The lowest BCUT2D eigenvalue weighted by Gasteiger charge is -2.16. The normalized spacial score (nSPS) is 18.6. The molecule has 0 spiro atoms. The summed E-state index contributed by atoms with van der Waals surface area (Å²) in [6.07, 6.45) is 1.84. The van der Waals surface area contributed by atoms with E-state index in [9.17, 15) is 14.0 Å². The minimum atomic E-state index is -0.519. The van der Waals surface area contributed by atoms with E-state index in [1.807, 2.05) is 6.07 Å². The van der Waals surface area contributed by atoms with Gasteiger partial charge in [-0.05, 0) is 31.0 Å². The van der Waals surface area contributed by atoms with E-state index in [0.29, 0.717) is 5.56 Å². The van der Waals surface area contributed by atoms with E-state index in [0.717, 1.165) is 17.7 Å². The molecule has 20 heavy (non-hydrogen) atoms. The Balaban J connectivity index is 1.82. The molecule has 1 aliphatic heterocycles. The van der Waals surface area contributed by atoms with Crippen LogP contribution in [0.15, 0.2) is 18.2 Å². The van der Waals surface area contributed by atoms with E-state index < -0.39 is 5.82 Å². The summed E-state index contributed by atoms with van der Waals surface area (Å²) in [7, 11) is 0. The van der Waals surface area contributed by atoms with Crippen LogP contribution in [-0.2, 0) is 11.3 Å². The smallest absolute Gasteiger partial charge is 0.312 e. The van der Waals surface area contributed by atoms with Gasteiger partial charge in [-0.25, -0.2) is 9.18 Å². The van der Waals surface area contributed by atoms with Crippen molar-refractivity contribution in [3.63, 3.8) is 0 Å². The van der Waals surface area contributed by atoms with Gasteiger partial charge in [-0.1, -0.05) is 0 Å². The number of hydrogen-bond acceptors (Lipinski definition) is 3. The van der Waals surface area contributed by atoms with Gasteiger partial charge in [0.2, 0.25) is 0 Å².